The number of aliphatic carboxylic acids is 1. The highest BCUT2D eigenvalue weighted by atomic mass is 16.5. The number of morpholine rings is 1. The van der Waals surface area contributed by atoms with E-state index in [1.165, 1.54) is 10.5 Å². The Morgan fingerprint density at radius 2 is 2.05 bits per heavy atom. The lowest BCUT2D eigenvalue weighted by molar-refractivity contribution is -0.154. The van der Waals surface area contributed by atoms with Gasteiger partial charge in [-0.1, -0.05) is 30.3 Å². The summed E-state index contributed by atoms with van der Waals surface area (Å²) < 4.78 is 5.11. The number of carboxylic acid groups (broad SMARTS) is 1. The van der Waals surface area contributed by atoms with E-state index in [1.807, 2.05) is 18.2 Å². The summed E-state index contributed by atoms with van der Waals surface area (Å²) in [5, 5.41) is 11.9. The summed E-state index contributed by atoms with van der Waals surface area (Å²) in [4.78, 5) is 24.6. The fourth-order valence-electron chi connectivity index (χ4n) is 2.66. The van der Waals surface area contributed by atoms with Crippen LogP contribution in [0, 0.1) is 0 Å². The van der Waals surface area contributed by atoms with Crippen molar-refractivity contribution in [2.45, 2.75) is 24.5 Å². The smallest absolute Gasteiger partial charge is 0.334 e. The Morgan fingerprint density at radius 1 is 1.29 bits per heavy atom. The minimum Gasteiger partial charge on any atom is -0.479 e. The maximum atomic E-state index is 12.2. The lowest BCUT2D eigenvalue weighted by atomic mass is 10.1. The highest BCUT2D eigenvalue weighted by Crippen LogP contribution is 2.40. The molecule has 0 aromatic heterocycles. The molecule has 1 saturated heterocycles. The van der Waals surface area contributed by atoms with Gasteiger partial charge in [-0.15, -0.1) is 0 Å². The zero-order valence-corrected chi connectivity index (χ0v) is 11.6. The Labute approximate surface area is 122 Å². The van der Waals surface area contributed by atoms with Gasteiger partial charge in [-0.25, -0.2) is 9.59 Å². The molecular weight excluding hydrogens is 272 g/mol. The molecule has 0 radical (unpaired) electrons. The predicted molar refractivity (Wildman–Crippen MR) is 75.1 cm³/mol. The summed E-state index contributed by atoms with van der Waals surface area (Å²) in [6.45, 7) is 0.791. The second-order valence-corrected chi connectivity index (χ2v) is 5.45. The van der Waals surface area contributed by atoms with Crippen LogP contribution in [0.5, 0.6) is 0 Å². The van der Waals surface area contributed by atoms with Gasteiger partial charge in [-0.3, -0.25) is 0 Å². The topological polar surface area (TPSA) is 78.9 Å². The molecule has 112 valence electrons. The van der Waals surface area contributed by atoms with Crippen molar-refractivity contribution in [3.8, 4) is 0 Å². The molecule has 3 atom stereocenters. The standard InChI is InChI=1S/C15H18N2O4/c18-14(19)13-9-17(6-7-21-13)15(20)16-12-8-11(12)10-4-2-1-3-5-10/h1-5,11-13H,6-9H2,(H,16,20)(H,18,19). The van der Waals surface area contributed by atoms with Gasteiger partial charge in [0.15, 0.2) is 6.10 Å². The second kappa shape index (κ2) is 5.73. The number of nitrogens with zero attached hydrogens (tertiary/aromatic N) is 1. The van der Waals surface area contributed by atoms with Crippen molar-refractivity contribution >= 4 is 12.0 Å². The molecule has 2 N–H and O–H groups in total. The Hall–Kier alpha value is -2.08. The number of nitrogens with one attached hydrogen (secondary N) is 1. The number of carbonyl (C=O) groups is 2. The molecule has 1 aliphatic heterocycles. The molecule has 1 aromatic rings. The molecule has 2 amide bonds. The molecule has 2 fully saturated rings. The minimum atomic E-state index is -1.03. The monoisotopic (exact) mass is 290 g/mol. The third-order valence-electron chi connectivity index (χ3n) is 3.96. The molecule has 1 aromatic carbocycles. The summed E-state index contributed by atoms with van der Waals surface area (Å²) >= 11 is 0. The van der Waals surface area contributed by atoms with Gasteiger partial charge in [0.25, 0.3) is 0 Å². The maximum absolute atomic E-state index is 12.2. The van der Waals surface area contributed by atoms with Gasteiger partial charge in [-0.05, 0) is 12.0 Å². The lowest BCUT2D eigenvalue weighted by Crippen LogP contribution is -2.52. The van der Waals surface area contributed by atoms with Crippen LogP contribution in [0.4, 0.5) is 4.79 Å². The summed E-state index contributed by atoms with van der Waals surface area (Å²) in [7, 11) is 0. The van der Waals surface area contributed by atoms with E-state index in [-0.39, 0.29) is 25.2 Å². The number of urea groups is 1. The summed E-state index contributed by atoms with van der Waals surface area (Å²) in [6.07, 6.45) is 0.0104. The van der Waals surface area contributed by atoms with Gasteiger partial charge in [0, 0.05) is 18.5 Å². The Bertz CT molecular complexity index is 534. The first-order valence-electron chi connectivity index (χ1n) is 7.10. The van der Waals surface area contributed by atoms with Crippen LogP contribution in [0.1, 0.15) is 17.9 Å². The number of rotatable bonds is 3. The Kier molecular flexibility index (Phi) is 3.79. The van der Waals surface area contributed by atoms with Gasteiger partial charge in [-0.2, -0.15) is 0 Å². The van der Waals surface area contributed by atoms with Crippen LogP contribution < -0.4 is 5.32 Å². The van der Waals surface area contributed by atoms with Crippen molar-refractivity contribution in [1.29, 1.82) is 0 Å². The average molecular weight is 290 g/mol. The molecule has 6 nitrogen and oxygen atoms in total. The first-order chi connectivity index (χ1) is 10.1. The van der Waals surface area contributed by atoms with Crippen LogP contribution >= 0.6 is 0 Å². The third-order valence-corrected chi connectivity index (χ3v) is 3.96. The van der Waals surface area contributed by atoms with Gasteiger partial charge in [0.05, 0.1) is 13.2 Å². The lowest BCUT2D eigenvalue weighted by Gasteiger charge is -2.30. The predicted octanol–water partition coefficient (Wildman–Crippen LogP) is 1.04. The van der Waals surface area contributed by atoms with Crippen LogP contribution in [-0.4, -0.2) is 53.8 Å². The molecule has 3 unspecified atom stereocenters. The van der Waals surface area contributed by atoms with E-state index in [9.17, 15) is 9.59 Å². The molecule has 1 heterocycles. The second-order valence-electron chi connectivity index (χ2n) is 5.45. The first kappa shape index (κ1) is 13.9. The number of hydrogen-bond donors (Lipinski definition) is 2. The average Bonchev–Trinajstić information content (AvgIpc) is 3.27. The van der Waals surface area contributed by atoms with E-state index in [2.05, 4.69) is 17.4 Å². The minimum absolute atomic E-state index is 0.101. The molecule has 6 heteroatoms. The van der Waals surface area contributed by atoms with Gasteiger partial charge in [0.2, 0.25) is 0 Å². The van der Waals surface area contributed by atoms with E-state index in [1.54, 1.807) is 0 Å². The van der Waals surface area contributed by atoms with Crippen molar-refractivity contribution in [3.05, 3.63) is 35.9 Å². The normalized spacial score (nSPS) is 28.0. The zero-order chi connectivity index (χ0) is 14.8. The van der Waals surface area contributed by atoms with E-state index < -0.39 is 12.1 Å². The van der Waals surface area contributed by atoms with Crippen molar-refractivity contribution in [1.82, 2.24) is 10.2 Å². The SMILES string of the molecule is O=C(O)C1CN(C(=O)NC2CC2c2ccccc2)CCO1. The molecule has 0 bridgehead atoms. The number of carboxylic acids is 1. The largest absolute Gasteiger partial charge is 0.479 e. The Balaban J connectivity index is 1.52. The quantitative estimate of drug-likeness (QED) is 0.871. The molecular formula is C15H18N2O4. The van der Waals surface area contributed by atoms with E-state index in [0.717, 1.165) is 6.42 Å². The molecule has 0 spiro atoms. The number of hydrogen-bond acceptors (Lipinski definition) is 3. The number of amides is 2. The van der Waals surface area contributed by atoms with E-state index >= 15 is 0 Å². The number of ether oxygens (including phenoxy) is 1. The molecule has 1 saturated carbocycles. The third kappa shape index (κ3) is 3.16. The van der Waals surface area contributed by atoms with E-state index in [0.29, 0.717) is 12.5 Å². The van der Waals surface area contributed by atoms with Crippen molar-refractivity contribution in [3.63, 3.8) is 0 Å². The van der Waals surface area contributed by atoms with E-state index in [4.69, 9.17) is 9.84 Å². The van der Waals surface area contributed by atoms with Gasteiger partial charge >= 0.3 is 12.0 Å². The summed E-state index contributed by atoms with van der Waals surface area (Å²) in [5.41, 5.74) is 1.23. The number of carbonyl (C=O) groups excluding carboxylic acids is 1. The molecule has 1 aliphatic carbocycles. The first-order valence-corrected chi connectivity index (χ1v) is 7.10. The van der Waals surface area contributed by atoms with Crippen molar-refractivity contribution in [2.24, 2.45) is 0 Å². The highest BCUT2D eigenvalue weighted by molar-refractivity contribution is 5.78. The molecule has 21 heavy (non-hydrogen) atoms. The van der Waals surface area contributed by atoms with Crippen molar-refractivity contribution < 1.29 is 19.4 Å². The highest BCUT2D eigenvalue weighted by Gasteiger charge is 2.40. The van der Waals surface area contributed by atoms with Gasteiger partial charge in [0.1, 0.15) is 0 Å². The number of benzene rings is 1. The molecule has 2 aliphatic rings. The van der Waals surface area contributed by atoms with Crippen LogP contribution in [0.3, 0.4) is 0 Å². The van der Waals surface area contributed by atoms with Crippen LogP contribution in [0.2, 0.25) is 0 Å². The van der Waals surface area contributed by atoms with Crippen LogP contribution in [0.25, 0.3) is 0 Å². The summed E-state index contributed by atoms with van der Waals surface area (Å²) in [6, 6.07) is 10.0. The Morgan fingerprint density at radius 3 is 2.76 bits per heavy atom. The maximum Gasteiger partial charge on any atom is 0.334 e. The van der Waals surface area contributed by atoms with Crippen molar-refractivity contribution in [2.75, 3.05) is 19.7 Å². The fraction of sp³-hybridized carbons (Fsp3) is 0.467. The zero-order valence-electron chi connectivity index (χ0n) is 11.6. The fourth-order valence-corrected chi connectivity index (χ4v) is 2.66. The van der Waals surface area contributed by atoms with Crippen LogP contribution in [-0.2, 0) is 9.53 Å². The van der Waals surface area contributed by atoms with Gasteiger partial charge < -0.3 is 20.1 Å². The molecule has 3 rings (SSSR count). The van der Waals surface area contributed by atoms with Crippen LogP contribution in [0.15, 0.2) is 30.3 Å². The summed E-state index contributed by atoms with van der Waals surface area (Å²) in [5.74, 6) is -0.660.